The third-order valence-electron chi connectivity index (χ3n) is 2.20. The van der Waals surface area contributed by atoms with E-state index in [1.54, 1.807) is 18.2 Å². The summed E-state index contributed by atoms with van der Waals surface area (Å²) in [6.07, 6.45) is 1.77. The van der Waals surface area contributed by atoms with Crippen LogP contribution in [0.2, 0.25) is 0 Å². The largest absolute Gasteiger partial charge is 0.477 e. The number of carboxylic acid groups (broad SMARTS) is 1. The van der Waals surface area contributed by atoms with Crippen molar-refractivity contribution in [2.75, 3.05) is 11.4 Å². The van der Waals surface area contributed by atoms with Gasteiger partial charge >= 0.3 is 5.97 Å². The number of rotatable bonds is 5. The van der Waals surface area contributed by atoms with E-state index in [4.69, 9.17) is 5.11 Å². The Morgan fingerprint density at radius 1 is 1.62 bits per heavy atom. The molecule has 1 N–H and O–H groups in total. The third-order valence-corrected chi connectivity index (χ3v) is 2.20. The number of anilines is 1. The lowest BCUT2D eigenvalue weighted by atomic mass is 10.3. The first-order valence-corrected chi connectivity index (χ1v) is 5.14. The van der Waals surface area contributed by atoms with Crippen molar-refractivity contribution in [1.82, 2.24) is 4.98 Å². The molecule has 0 saturated heterocycles. The van der Waals surface area contributed by atoms with E-state index in [1.165, 1.54) is 6.07 Å². The van der Waals surface area contributed by atoms with Crippen molar-refractivity contribution in [2.24, 2.45) is 0 Å². The van der Waals surface area contributed by atoms with Crippen molar-refractivity contribution in [3.05, 3.63) is 36.5 Å². The highest BCUT2D eigenvalue weighted by Gasteiger charge is 2.12. The highest BCUT2D eigenvalue weighted by atomic mass is 16.4. The van der Waals surface area contributed by atoms with E-state index in [0.717, 1.165) is 0 Å². The van der Waals surface area contributed by atoms with E-state index < -0.39 is 5.97 Å². The Balaban J connectivity index is 3.04. The molecule has 0 aromatic carbocycles. The average Bonchev–Trinajstić information content (AvgIpc) is 2.25. The maximum absolute atomic E-state index is 10.8. The first kappa shape index (κ1) is 12.2. The molecule has 4 nitrogen and oxygen atoms in total. The Bertz CT molecular complexity index is 388. The predicted molar refractivity (Wildman–Crippen MR) is 63.9 cm³/mol. The zero-order chi connectivity index (χ0) is 12.1. The van der Waals surface area contributed by atoms with Gasteiger partial charge in [0.05, 0.1) is 0 Å². The predicted octanol–water partition coefficient (Wildman–Crippen LogP) is 2.18. The number of aromatic nitrogens is 1. The minimum Gasteiger partial charge on any atom is -0.477 e. The minimum atomic E-state index is -1.01. The summed E-state index contributed by atoms with van der Waals surface area (Å²) in [6, 6.07) is 5.23. The molecule has 0 fully saturated rings. The Labute approximate surface area is 95.2 Å². The van der Waals surface area contributed by atoms with Crippen LogP contribution >= 0.6 is 0 Å². The smallest absolute Gasteiger partial charge is 0.354 e. The SMILES string of the molecule is C=CCN(c1cccc(C(=O)O)n1)C(C)C. The van der Waals surface area contributed by atoms with Crippen LogP contribution in [-0.2, 0) is 0 Å². The summed E-state index contributed by atoms with van der Waals surface area (Å²) >= 11 is 0. The molecule has 0 atom stereocenters. The topological polar surface area (TPSA) is 53.4 Å². The van der Waals surface area contributed by atoms with Gasteiger partial charge in [0, 0.05) is 12.6 Å². The molecule has 0 radical (unpaired) electrons. The van der Waals surface area contributed by atoms with Gasteiger partial charge in [-0.1, -0.05) is 12.1 Å². The van der Waals surface area contributed by atoms with Crippen molar-refractivity contribution in [3.63, 3.8) is 0 Å². The highest BCUT2D eigenvalue weighted by molar-refractivity contribution is 5.85. The summed E-state index contributed by atoms with van der Waals surface area (Å²) in [5, 5.41) is 8.86. The van der Waals surface area contributed by atoms with Crippen LogP contribution in [0, 0.1) is 0 Å². The molecule has 0 aliphatic heterocycles. The zero-order valence-corrected chi connectivity index (χ0v) is 9.55. The standard InChI is InChI=1S/C12H16N2O2/c1-4-8-14(9(2)3)11-7-5-6-10(13-11)12(15)16/h4-7,9H,1,8H2,2-3H3,(H,15,16). The van der Waals surface area contributed by atoms with Crippen molar-refractivity contribution in [1.29, 1.82) is 0 Å². The van der Waals surface area contributed by atoms with Gasteiger partial charge in [-0.25, -0.2) is 9.78 Å². The van der Waals surface area contributed by atoms with E-state index in [9.17, 15) is 4.79 Å². The summed E-state index contributed by atoms with van der Waals surface area (Å²) in [7, 11) is 0. The summed E-state index contributed by atoms with van der Waals surface area (Å²) < 4.78 is 0. The Morgan fingerprint density at radius 3 is 2.81 bits per heavy atom. The van der Waals surface area contributed by atoms with Crippen molar-refractivity contribution in [3.8, 4) is 0 Å². The third kappa shape index (κ3) is 2.82. The molecule has 16 heavy (non-hydrogen) atoms. The van der Waals surface area contributed by atoms with E-state index in [2.05, 4.69) is 11.6 Å². The maximum Gasteiger partial charge on any atom is 0.354 e. The lowest BCUT2D eigenvalue weighted by Crippen LogP contribution is -2.31. The molecule has 4 heteroatoms. The summed E-state index contributed by atoms with van der Waals surface area (Å²) in [4.78, 5) is 16.9. The van der Waals surface area contributed by atoms with Crippen LogP contribution in [0.15, 0.2) is 30.9 Å². The van der Waals surface area contributed by atoms with Gasteiger partial charge in [-0.15, -0.1) is 6.58 Å². The van der Waals surface area contributed by atoms with Crippen LogP contribution < -0.4 is 4.90 Å². The molecule has 1 rings (SSSR count). The van der Waals surface area contributed by atoms with Gasteiger partial charge in [-0.05, 0) is 26.0 Å². The lowest BCUT2D eigenvalue weighted by molar-refractivity contribution is 0.0690. The van der Waals surface area contributed by atoms with Crippen molar-refractivity contribution < 1.29 is 9.90 Å². The van der Waals surface area contributed by atoms with E-state index in [-0.39, 0.29) is 11.7 Å². The van der Waals surface area contributed by atoms with Crippen LogP contribution in [0.3, 0.4) is 0 Å². The molecule has 1 aromatic heterocycles. The van der Waals surface area contributed by atoms with E-state index in [1.807, 2.05) is 18.7 Å². The Hall–Kier alpha value is -1.84. The molecule has 0 unspecified atom stereocenters. The first-order valence-electron chi connectivity index (χ1n) is 5.14. The number of hydrogen-bond acceptors (Lipinski definition) is 3. The van der Waals surface area contributed by atoms with Gasteiger partial charge in [0.2, 0.25) is 0 Å². The number of carboxylic acids is 1. The molecular formula is C12H16N2O2. The number of aromatic carboxylic acids is 1. The monoisotopic (exact) mass is 220 g/mol. The van der Waals surface area contributed by atoms with Crippen LogP contribution in [-0.4, -0.2) is 28.6 Å². The van der Waals surface area contributed by atoms with Crippen LogP contribution in [0.4, 0.5) is 5.82 Å². The van der Waals surface area contributed by atoms with Crippen molar-refractivity contribution >= 4 is 11.8 Å². The molecule has 1 heterocycles. The van der Waals surface area contributed by atoms with Gasteiger partial charge in [0.25, 0.3) is 0 Å². The van der Waals surface area contributed by atoms with Gasteiger partial charge in [0.1, 0.15) is 5.82 Å². The van der Waals surface area contributed by atoms with E-state index >= 15 is 0 Å². The fourth-order valence-corrected chi connectivity index (χ4v) is 1.41. The fraction of sp³-hybridized carbons (Fsp3) is 0.333. The normalized spacial score (nSPS) is 10.2. The number of pyridine rings is 1. The molecule has 0 bridgehead atoms. The van der Waals surface area contributed by atoms with Crippen molar-refractivity contribution in [2.45, 2.75) is 19.9 Å². The van der Waals surface area contributed by atoms with Crippen LogP contribution in [0.25, 0.3) is 0 Å². The molecule has 86 valence electrons. The Morgan fingerprint density at radius 2 is 2.31 bits per heavy atom. The molecule has 1 aromatic rings. The van der Waals surface area contributed by atoms with Crippen LogP contribution in [0.5, 0.6) is 0 Å². The molecule has 0 amide bonds. The molecular weight excluding hydrogens is 204 g/mol. The first-order chi connectivity index (χ1) is 7.56. The molecule has 0 aliphatic rings. The highest BCUT2D eigenvalue weighted by Crippen LogP contribution is 2.14. The second kappa shape index (κ2) is 5.30. The summed E-state index contributed by atoms with van der Waals surface area (Å²) in [6.45, 7) is 8.38. The van der Waals surface area contributed by atoms with Gasteiger partial charge < -0.3 is 10.0 Å². The number of hydrogen-bond donors (Lipinski definition) is 1. The Kier molecular flexibility index (Phi) is 4.05. The van der Waals surface area contributed by atoms with Crippen LogP contribution in [0.1, 0.15) is 24.3 Å². The molecule has 0 aliphatic carbocycles. The minimum absolute atomic E-state index is 0.0622. The second-order valence-corrected chi connectivity index (χ2v) is 3.72. The summed E-state index contributed by atoms with van der Waals surface area (Å²) in [5.41, 5.74) is 0.0622. The molecule has 0 spiro atoms. The lowest BCUT2D eigenvalue weighted by Gasteiger charge is -2.26. The zero-order valence-electron chi connectivity index (χ0n) is 9.55. The van der Waals surface area contributed by atoms with Gasteiger partial charge in [-0.3, -0.25) is 0 Å². The summed E-state index contributed by atoms with van der Waals surface area (Å²) in [5.74, 6) is -0.348. The molecule has 0 saturated carbocycles. The quantitative estimate of drug-likeness (QED) is 0.773. The number of carbonyl (C=O) groups is 1. The number of nitrogens with zero attached hydrogens (tertiary/aromatic N) is 2. The van der Waals surface area contributed by atoms with Gasteiger partial charge in [-0.2, -0.15) is 0 Å². The maximum atomic E-state index is 10.8. The fourth-order valence-electron chi connectivity index (χ4n) is 1.41. The average molecular weight is 220 g/mol. The van der Waals surface area contributed by atoms with E-state index in [0.29, 0.717) is 12.4 Å². The van der Waals surface area contributed by atoms with Gasteiger partial charge in [0.15, 0.2) is 5.69 Å². The second-order valence-electron chi connectivity index (χ2n) is 3.72.